The van der Waals surface area contributed by atoms with Gasteiger partial charge < -0.3 is 9.47 Å². The van der Waals surface area contributed by atoms with Crippen LogP contribution in [0.4, 0.5) is 10.1 Å². The number of rotatable bonds is 5. The van der Waals surface area contributed by atoms with Crippen LogP contribution in [0.3, 0.4) is 0 Å². The number of halogens is 1. The molecule has 0 unspecified atom stereocenters. The van der Waals surface area contributed by atoms with E-state index < -0.39 is 4.92 Å². The standard InChI is InChI=1S/C14H12FNO4/c1-19-13-7-6-12(16(17)18)8-14(13)20-9-10-2-4-11(15)5-3-10/h2-8H,9H2,1H3. The Hall–Kier alpha value is -2.63. The van der Waals surface area contributed by atoms with Crippen molar-refractivity contribution in [2.75, 3.05) is 7.11 Å². The summed E-state index contributed by atoms with van der Waals surface area (Å²) >= 11 is 0. The fourth-order valence-electron chi connectivity index (χ4n) is 1.63. The average Bonchev–Trinajstić information content (AvgIpc) is 2.46. The first kappa shape index (κ1) is 13.8. The smallest absolute Gasteiger partial charge is 0.273 e. The second kappa shape index (κ2) is 6.01. The van der Waals surface area contributed by atoms with Gasteiger partial charge in [0, 0.05) is 6.07 Å². The van der Waals surface area contributed by atoms with Crippen molar-refractivity contribution in [3.63, 3.8) is 0 Å². The summed E-state index contributed by atoms with van der Waals surface area (Å²) in [7, 11) is 1.45. The highest BCUT2D eigenvalue weighted by atomic mass is 19.1. The molecule has 2 aromatic carbocycles. The zero-order chi connectivity index (χ0) is 14.5. The largest absolute Gasteiger partial charge is 0.493 e. The van der Waals surface area contributed by atoms with E-state index in [0.717, 1.165) is 5.56 Å². The molecule has 104 valence electrons. The zero-order valence-corrected chi connectivity index (χ0v) is 10.7. The van der Waals surface area contributed by atoms with Gasteiger partial charge in [-0.1, -0.05) is 12.1 Å². The van der Waals surface area contributed by atoms with Crippen molar-refractivity contribution in [1.29, 1.82) is 0 Å². The van der Waals surface area contributed by atoms with Gasteiger partial charge in [-0.2, -0.15) is 0 Å². The molecule has 0 saturated carbocycles. The van der Waals surface area contributed by atoms with Crippen LogP contribution in [0.5, 0.6) is 11.5 Å². The molecule has 0 aliphatic carbocycles. The number of benzene rings is 2. The normalized spacial score (nSPS) is 10.1. The summed E-state index contributed by atoms with van der Waals surface area (Å²) in [4.78, 5) is 10.2. The van der Waals surface area contributed by atoms with Crippen LogP contribution in [0, 0.1) is 15.9 Å². The summed E-state index contributed by atoms with van der Waals surface area (Å²) in [5, 5.41) is 10.7. The molecule has 2 rings (SSSR count). The number of methoxy groups -OCH3 is 1. The van der Waals surface area contributed by atoms with E-state index in [1.165, 1.54) is 37.4 Å². The van der Waals surface area contributed by atoms with Crippen molar-refractivity contribution in [3.05, 3.63) is 64.0 Å². The van der Waals surface area contributed by atoms with Crippen LogP contribution in [0.2, 0.25) is 0 Å². The van der Waals surface area contributed by atoms with Crippen molar-refractivity contribution in [1.82, 2.24) is 0 Å². The summed E-state index contributed by atoms with van der Waals surface area (Å²) in [6, 6.07) is 9.91. The summed E-state index contributed by atoms with van der Waals surface area (Å²) in [6.45, 7) is 0.164. The lowest BCUT2D eigenvalue weighted by molar-refractivity contribution is -0.385. The molecule has 5 nitrogen and oxygen atoms in total. The number of hydrogen-bond acceptors (Lipinski definition) is 4. The van der Waals surface area contributed by atoms with Gasteiger partial charge in [-0.25, -0.2) is 4.39 Å². The molecule has 0 bridgehead atoms. The number of non-ortho nitro benzene ring substituents is 1. The molecular weight excluding hydrogens is 265 g/mol. The summed E-state index contributed by atoms with van der Waals surface area (Å²) < 4.78 is 23.3. The maximum Gasteiger partial charge on any atom is 0.273 e. The van der Waals surface area contributed by atoms with E-state index in [1.807, 2.05) is 0 Å². The molecule has 0 spiro atoms. The van der Waals surface area contributed by atoms with Gasteiger partial charge >= 0.3 is 0 Å². The Bertz CT molecular complexity index is 613. The summed E-state index contributed by atoms with van der Waals surface area (Å²) in [5.74, 6) is 0.338. The predicted octanol–water partition coefficient (Wildman–Crippen LogP) is 3.32. The Morgan fingerprint density at radius 1 is 1.15 bits per heavy atom. The molecule has 0 radical (unpaired) electrons. The summed E-state index contributed by atoms with van der Waals surface area (Å²) in [6.07, 6.45) is 0. The number of nitro groups is 1. The summed E-state index contributed by atoms with van der Waals surface area (Å²) in [5.41, 5.74) is 0.667. The zero-order valence-electron chi connectivity index (χ0n) is 10.7. The van der Waals surface area contributed by atoms with Crippen LogP contribution < -0.4 is 9.47 Å². The minimum atomic E-state index is -0.510. The molecule has 0 aromatic heterocycles. The minimum absolute atomic E-state index is 0.0834. The second-order valence-corrected chi connectivity index (χ2v) is 4.01. The lowest BCUT2D eigenvalue weighted by atomic mass is 10.2. The van der Waals surface area contributed by atoms with E-state index in [1.54, 1.807) is 12.1 Å². The third-order valence-corrected chi connectivity index (χ3v) is 2.67. The minimum Gasteiger partial charge on any atom is -0.493 e. The van der Waals surface area contributed by atoms with E-state index in [9.17, 15) is 14.5 Å². The first-order valence-corrected chi connectivity index (χ1v) is 5.80. The molecule has 0 atom stereocenters. The molecule has 0 aliphatic heterocycles. The monoisotopic (exact) mass is 277 g/mol. The average molecular weight is 277 g/mol. The molecule has 6 heteroatoms. The Morgan fingerprint density at radius 3 is 2.45 bits per heavy atom. The molecule has 20 heavy (non-hydrogen) atoms. The van der Waals surface area contributed by atoms with Crippen LogP contribution in [0.15, 0.2) is 42.5 Å². The van der Waals surface area contributed by atoms with Crippen molar-refractivity contribution in [2.45, 2.75) is 6.61 Å². The van der Waals surface area contributed by atoms with Gasteiger partial charge in [-0.15, -0.1) is 0 Å². The van der Waals surface area contributed by atoms with Gasteiger partial charge in [-0.05, 0) is 23.8 Å². The lowest BCUT2D eigenvalue weighted by Gasteiger charge is -2.10. The van der Waals surface area contributed by atoms with Crippen LogP contribution >= 0.6 is 0 Å². The van der Waals surface area contributed by atoms with Gasteiger partial charge in [-0.3, -0.25) is 10.1 Å². The van der Waals surface area contributed by atoms with E-state index in [0.29, 0.717) is 5.75 Å². The van der Waals surface area contributed by atoms with Crippen LogP contribution in [-0.2, 0) is 6.61 Å². The number of ether oxygens (including phenoxy) is 2. The molecule has 0 heterocycles. The molecule has 2 aromatic rings. The molecule has 0 fully saturated rings. The van der Waals surface area contributed by atoms with Gasteiger partial charge in [0.1, 0.15) is 12.4 Å². The van der Waals surface area contributed by atoms with Crippen LogP contribution in [-0.4, -0.2) is 12.0 Å². The van der Waals surface area contributed by atoms with Crippen LogP contribution in [0.1, 0.15) is 5.56 Å². The number of nitro benzene ring substituents is 1. The van der Waals surface area contributed by atoms with Crippen molar-refractivity contribution in [2.24, 2.45) is 0 Å². The molecule has 0 N–H and O–H groups in total. The van der Waals surface area contributed by atoms with Gasteiger partial charge in [0.25, 0.3) is 5.69 Å². The van der Waals surface area contributed by atoms with E-state index >= 15 is 0 Å². The van der Waals surface area contributed by atoms with Gasteiger partial charge in [0.05, 0.1) is 18.1 Å². The SMILES string of the molecule is COc1ccc([N+](=O)[O-])cc1OCc1ccc(F)cc1. The Kier molecular flexibility index (Phi) is 4.14. The highest BCUT2D eigenvalue weighted by Gasteiger charge is 2.12. The quantitative estimate of drug-likeness (QED) is 0.621. The highest BCUT2D eigenvalue weighted by molar-refractivity contribution is 5.48. The first-order valence-electron chi connectivity index (χ1n) is 5.80. The maximum atomic E-state index is 12.8. The first-order chi connectivity index (χ1) is 9.60. The predicted molar refractivity (Wildman–Crippen MR) is 70.4 cm³/mol. The van der Waals surface area contributed by atoms with Gasteiger partial charge in [0.15, 0.2) is 11.5 Å². The van der Waals surface area contributed by atoms with E-state index in [2.05, 4.69) is 0 Å². The highest BCUT2D eigenvalue weighted by Crippen LogP contribution is 2.31. The third kappa shape index (κ3) is 3.23. The van der Waals surface area contributed by atoms with Crippen molar-refractivity contribution in [3.8, 4) is 11.5 Å². The Morgan fingerprint density at radius 2 is 1.85 bits per heavy atom. The van der Waals surface area contributed by atoms with Crippen molar-refractivity contribution < 1.29 is 18.8 Å². The van der Waals surface area contributed by atoms with E-state index in [-0.39, 0.29) is 23.9 Å². The Balaban J connectivity index is 2.16. The fraction of sp³-hybridized carbons (Fsp3) is 0.143. The number of nitrogens with zero attached hydrogens (tertiary/aromatic N) is 1. The maximum absolute atomic E-state index is 12.8. The molecule has 0 saturated heterocycles. The molecule has 0 amide bonds. The number of hydrogen-bond donors (Lipinski definition) is 0. The molecular formula is C14H12FNO4. The van der Waals surface area contributed by atoms with E-state index in [4.69, 9.17) is 9.47 Å². The second-order valence-electron chi connectivity index (χ2n) is 4.01. The Labute approximate surface area is 114 Å². The lowest BCUT2D eigenvalue weighted by Crippen LogP contribution is -1.99. The van der Waals surface area contributed by atoms with Crippen molar-refractivity contribution >= 4 is 5.69 Å². The van der Waals surface area contributed by atoms with Crippen LogP contribution in [0.25, 0.3) is 0 Å². The fourth-order valence-corrected chi connectivity index (χ4v) is 1.63. The van der Waals surface area contributed by atoms with Gasteiger partial charge in [0.2, 0.25) is 0 Å². The molecule has 0 aliphatic rings. The topological polar surface area (TPSA) is 61.6 Å². The third-order valence-electron chi connectivity index (χ3n) is 2.67.